The molecule has 6 heteroatoms. The fraction of sp³-hybridized carbons (Fsp3) is 0.455. The first-order valence-electron chi connectivity index (χ1n) is 9.91. The second-order valence-corrected chi connectivity index (χ2v) is 8.42. The number of ether oxygens (including phenoxy) is 1. The summed E-state index contributed by atoms with van der Waals surface area (Å²) >= 11 is 1.76. The van der Waals surface area contributed by atoms with Crippen molar-refractivity contribution >= 4 is 23.2 Å². The molecule has 148 valence electrons. The van der Waals surface area contributed by atoms with E-state index in [4.69, 9.17) is 4.74 Å². The van der Waals surface area contributed by atoms with Crippen molar-refractivity contribution in [2.45, 2.75) is 44.7 Å². The number of thiophene rings is 1. The lowest BCUT2D eigenvalue weighted by Crippen LogP contribution is -2.47. The maximum atomic E-state index is 13.3. The van der Waals surface area contributed by atoms with Crippen LogP contribution >= 0.6 is 11.3 Å². The molecule has 0 spiro atoms. The maximum absolute atomic E-state index is 13.3. The summed E-state index contributed by atoms with van der Waals surface area (Å²) in [4.78, 5) is 30.7. The zero-order valence-corrected chi connectivity index (χ0v) is 17.2. The Hall–Kier alpha value is -2.34. The maximum Gasteiger partial charge on any atom is 0.243 e. The third-order valence-electron chi connectivity index (χ3n) is 5.63. The van der Waals surface area contributed by atoms with Gasteiger partial charge >= 0.3 is 0 Å². The second kappa shape index (κ2) is 7.95. The number of carbonyl (C=O) groups is 2. The highest BCUT2D eigenvalue weighted by Gasteiger charge is 2.37. The molecule has 2 heterocycles. The third-order valence-corrected chi connectivity index (χ3v) is 6.63. The molecule has 2 aromatic rings. The van der Waals surface area contributed by atoms with E-state index in [0.717, 1.165) is 30.6 Å². The van der Waals surface area contributed by atoms with Crippen molar-refractivity contribution in [3.8, 4) is 5.75 Å². The topological polar surface area (TPSA) is 49.9 Å². The van der Waals surface area contributed by atoms with E-state index in [9.17, 15) is 9.59 Å². The van der Waals surface area contributed by atoms with Crippen LogP contribution in [0.15, 0.2) is 35.7 Å². The van der Waals surface area contributed by atoms with Gasteiger partial charge in [-0.2, -0.15) is 0 Å². The van der Waals surface area contributed by atoms with Gasteiger partial charge in [0.1, 0.15) is 12.3 Å². The molecule has 1 atom stereocenters. The predicted molar refractivity (Wildman–Crippen MR) is 110 cm³/mol. The number of methoxy groups -OCH3 is 1. The first-order valence-corrected chi connectivity index (χ1v) is 10.8. The highest BCUT2D eigenvalue weighted by atomic mass is 32.1. The minimum Gasteiger partial charge on any atom is -0.497 e. The molecule has 0 radical (unpaired) electrons. The van der Waals surface area contributed by atoms with Crippen molar-refractivity contribution in [3.63, 3.8) is 0 Å². The van der Waals surface area contributed by atoms with Gasteiger partial charge in [-0.1, -0.05) is 19.1 Å². The molecule has 2 aliphatic rings. The molecule has 1 aromatic heterocycles. The molecule has 28 heavy (non-hydrogen) atoms. The van der Waals surface area contributed by atoms with Crippen molar-refractivity contribution in [1.82, 2.24) is 9.80 Å². The van der Waals surface area contributed by atoms with Crippen LogP contribution in [-0.2, 0) is 16.0 Å². The fourth-order valence-electron chi connectivity index (χ4n) is 3.98. The van der Waals surface area contributed by atoms with Gasteiger partial charge < -0.3 is 14.5 Å². The number of rotatable bonds is 6. The van der Waals surface area contributed by atoms with Crippen LogP contribution in [0.1, 0.15) is 48.2 Å². The van der Waals surface area contributed by atoms with Crippen LogP contribution in [0.25, 0.3) is 0 Å². The molecule has 0 unspecified atom stereocenters. The number of carbonyl (C=O) groups excluding carboxylic acids is 2. The highest BCUT2D eigenvalue weighted by molar-refractivity contribution is 7.10. The predicted octanol–water partition coefficient (Wildman–Crippen LogP) is 3.63. The van der Waals surface area contributed by atoms with Crippen molar-refractivity contribution in [1.29, 1.82) is 0 Å². The molecule has 4 rings (SSSR count). The van der Waals surface area contributed by atoms with Crippen molar-refractivity contribution in [3.05, 3.63) is 51.7 Å². The number of amides is 2. The van der Waals surface area contributed by atoms with Crippen molar-refractivity contribution in [2.24, 2.45) is 0 Å². The van der Waals surface area contributed by atoms with E-state index < -0.39 is 0 Å². The fourth-order valence-corrected chi connectivity index (χ4v) is 4.88. The second-order valence-electron chi connectivity index (χ2n) is 7.42. The van der Waals surface area contributed by atoms with Crippen LogP contribution in [0.3, 0.4) is 0 Å². The quantitative estimate of drug-likeness (QED) is 0.747. The Bertz CT molecular complexity index is 857. The van der Waals surface area contributed by atoms with Crippen LogP contribution in [0.2, 0.25) is 0 Å². The summed E-state index contributed by atoms with van der Waals surface area (Å²) in [6, 6.07) is 10.2. The Balaban J connectivity index is 1.62. The minimum atomic E-state index is -0.105. The van der Waals surface area contributed by atoms with Gasteiger partial charge in [-0.05, 0) is 54.0 Å². The SMILES string of the molecule is CCC(=O)N(CC(=O)N1CCc2sccc2[C@@H]1c1ccc(OC)cc1)C1CC1. The van der Waals surface area contributed by atoms with Gasteiger partial charge in [0.25, 0.3) is 0 Å². The van der Waals surface area contributed by atoms with Gasteiger partial charge in [-0.25, -0.2) is 0 Å². The van der Waals surface area contributed by atoms with E-state index in [-0.39, 0.29) is 30.4 Å². The van der Waals surface area contributed by atoms with Crippen molar-refractivity contribution in [2.75, 3.05) is 20.2 Å². The Morgan fingerprint density at radius 3 is 2.61 bits per heavy atom. The zero-order chi connectivity index (χ0) is 19.7. The van der Waals surface area contributed by atoms with Gasteiger partial charge in [-0.15, -0.1) is 11.3 Å². The lowest BCUT2D eigenvalue weighted by Gasteiger charge is -2.37. The molecule has 2 amide bonds. The molecule has 0 N–H and O–H groups in total. The van der Waals surface area contributed by atoms with E-state index >= 15 is 0 Å². The number of benzene rings is 1. The van der Waals surface area contributed by atoms with Crippen LogP contribution < -0.4 is 4.74 Å². The summed E-state index contributed by atoms with van der Waals surface area (Å²) < 4.78 is 5.29. The van der Waals surface area contributed by atoms with Gasteiger partial charge in [0.2, 0.25) is 11.8 Å². The molecule has 5 nitrogen and oxygen atoms in total. The molecule has 1 saturated carbocycles. The molecule has 1 aliphatic heterocycles. The van der Waals surface area contributed by atoms with Crippen LogP contribution in [0, 0.1) is 0 Å². The van der Waals surface area contributed by atoms with E-state index in [1.54, 1.807) is 23.3 Å². The van der Waals surface area contributed by atoms with Gasteiger partial charge in [-0.3, -0.25) is 9.59 Å². The minimum absolute atomic E-state index is 0.0337. The van der Waals surface area contributed by atoms with E-state index in [0.29, 0.717) is 13.0 Å². The Labute approximate surface area is 169 Å². The van der Waals surface area contributed by atoms with E-state index in [2.05, 4.69) is 11.4 Å². The standard InChI is InChI=1S/C22H26N2O3S/c1-3-20(25)24(16-6-7-16)14-21(26)23-12-10-19-18(11-13-28-19)22(23)15-4-8-17(27-2)9-5-15/h4-5,8-9,11,13,16,22H,3,6-7,10,12,14H2,1-2H3/t22-/m0/s1. The Morgan fingerprint density at radius 1 is 1.21 bits per heavy atom. The van der Waals surface area contributed by atoms with E-state index in [1.807, 2.05) is 36.1 Å². The normalized spacial score (nSPS) is 18.5. The average Bonchev–Trinajstić information content (AvgIpc) is 3.46. The Kier molecular flexibility index (Phi) is 5.40. The summed E-state index contributed by atoms with van der Waals surface area (Å²) in [5, 5.41) is 2.10. The number of nitrogens with zero attached hydrogens (tertiary/aromatic N) is 2. The monoisotopic (exact) mass is 398 g/mol. The van der Waals surface area contributed by atoms with Crippen LogP contribution in [0.5, 0.6) is 5.75 Å². The van der Waals surface area contributed by atoms with Gasteiger partial charge in [0.15, 0.2) is 0 Å². The summed E-state index contributed by atoms with van der Waals surface area (Å²) in [5.41, 5.74) is 2.28. The molecule has 1 aliphatic carbocycles. The summed E-state index contributed by atoms with van der Waals surface area (Å²) in [5.74, 6) is 0.910. The van der Waals surface area contributed by atoms with Crippen LogP contribution in [0.4, 0.5) is 0 Å². The zero-order valence-electron chi connectivity index (χ0n) is 16.4. The molecular formula is C22H26N2O3S. The lowest BCUT2D eigenvalue weighted by molar-refractivity contribution is -0.142. The number of hydrogen-bond acceptors (Lipinski definition) is 4. The molecule has 0 saturated heterocycles. The van der Waals surface area contributed by atoms with E-state index in [1.165, 1.54) is 10.4 Å². The van der Waals surface area contributed by atoms with Crippen molar-refractivity contribution < 1.29 is 14.3 Å². The average molecular weight is 399 g/mol. The summed E-state index contributed by atoms with van der Waals surface area (Å²) in [6.07, 6.45) is 3.34. The first kappa shape index (κ1) is 19.0. The first-order chi connectivity index (χ1) is 13.6. The molecule has 1 aromatic carbocycles. The largest absolute Gasteiger partial charge is 0.497 e. The summed E-state index contributed by atoms with van der Waals surface area (Å²) in [6.45, 7) is 2.73. The molecular weight excluding hydrogens is 372 g/mol. The van der Waals surface area contributed by atoms with Crippen LogP contribution in [-0.4, -0.2) is 47.9 Å². The molecule has 1 fully saturated rings. The third kappa shape index (κ3) is 3.65. The lowest BCUT2D eigenvalue weighted by atomic mass is 9.93. The highest BCUT2D eigenvalue weighted by Crippen LogP contribution is 2.38. The smallest absolute Gasteiger partial charge is 0.243 e. The van der Waals surface area contributed by atoms with Gasteiger partial charge in [0, 0.05) is 23.9 Å². The summed E-state index contributed by atoms with van der Waals surface area (Å²) in [7, 11) is 1.65. The molecule has 0 bridgehead atoms. The van der Waals surface area contributed by atoms with Gasteiger partial charge in [0.05, 0.1) is 13.2 Å². The number of fused-ring (bicyclic) bond motifs is 1. The number of hydrogen-bond donors (Lipinski definition) is 0. The Morgan fingerprint density at radius 2 is 1.96 bits per heavy atom.